The van der Waals surface area contributed by atoms with Crippen molar-refractivity contribution in [2.75, 3.05) is 6.54 Å². The zero-order valence-corrected chi connectivity index (χ0v) is 9.89. The predicted octanol–water partition coefficient (Wildman–Crippen LogP) is -0.245. The summed E-state index contributed by atoms with van der Waals surface area (Å²) in [5.74, 6) is -0.453. The molecule has 88 valence electrons. The molecule has 0 fully saturated rings. The van der Waals surface area contributed by atoms with E-state index in [-0.39, 0.29) is 24.3 Å². The fourth-order valence-corrected chi connectivity index (χ4v) is 1.47. The Bertz CT molecular complexity index is 239. The minimum absolute atomic E-state index is 0.0740. The van der Waals surface area contributed by atoms with Crippen LogP contribution >= 0.6 is 0 Å². The van der Waals surface area contributed by atoms with E-state index in [4.69, 9.17) is 5.73 Å². The first-order valence-electron chi connectivity index (χ1n) is 5.12. The van der Waals surface area contributed by atoms with Gasteiger partial charge in [-0.25, -0.2) is 0 Å². The molecule has 0 heterocycles. The highest BCUT2D eigenvalue weighted by Gasteiger charge is 2.25. The minimum atomic E-state index is -0.462. The Kier molecular flexibility index (Phi) is 5.28. The van der Waals surface area contributed by atoms with E-state index < -0.39 is 5.54 Å². The van der Waals surface area contributed by atoms with Gasteiger partial charge in [0.05, 0.1) is 6.04 Å². The number of nitrogens with two attached hydrogens (primary N) is 1. The largest absolute Gasteiger partial charge is 0.370 e. The van der Waals surface area contributed by atoms with Crippen molar-refractivity contribution in [1.29, 1.82) is 0 Å². The lowest BCUT2D eigenvalue weighted by Gasteiger charge is -2.28. The monoisotopic (exact) mass is 215 g/mol. The molecule has 0 aromatic rings. The highest BCUT2D eigenvalue weighted by atomic mass is 16.2. The van der Waals surface area contributed by atoms with Gasteiger partial charge in [-0.15, -0.1) is 0 Å². The van der Waals surface area contributed by atoms with Gasteiger partial charge in [0, 0.05) is 18.5 Å². The Morgan fingerprint density at radius 2 is 1.93 bits per heavy atom. The van der Waals surface area contributed by atoms with E-state index in [2.05, 4.69) is 10.6 Å². The van der Waals surface area contributed by atoms with Crippen LogP contribution in [0.2, 0.25) is 0 Å². The van der Waals surface area contributed by atoms with Crippen molar-refractivity contribution >= 4 is 11.8 Å². The van der Waals surface area contributed by atoms with Crippen molar-refractivity contribution in [2.45, 2.75) is 45.7 Å². The number of hydrogen-bond acceptors (Lipinski definition) is 3. The molecule has 0 aromatic heterocycles. The third-order valence-electron chi connectivity index (χ3n) is 1.97. The van der Waals surface area contributed by atoms with Crippen LogP contribution < -0.4 is 16.4 Å². The topological polar surface area (TPSA) is 84.2 Å². The second-order valence-electron chi connectivity index (χ2n) is 4.29. The molecule has 0 aliphatic heterocycles. The van der Waals surface area contributed by atoms with Gasteiger partial charge in [-0.3, -0.25) is 9.59 Å². The molecule has 5 heteroatoms. The SMILES string of the molecule is CCNC(=O)C(C)NC(C)(C)CC(N)=O. The maximum absolute atomic E-state index is 11.4. The van der Waals surface area contributed by atoms with Gasteiger partial charge in [0.15, 0.2) is 0 Å². The molecule has 0 spiro atoms. The Hall–Kier alpha value is -1.10. The summed E-state index contributed by atoms with van der Waals surface area (Å²) in [5, 5.41) is 5.76. The fraction of sp³-hybridized carbons (Fsp3) is 0.800. The van der Waals surface area contributed by atoms with Crippen LogP contribution in [0, 0.1) is 0 Å². The lowest BCUT2D eigenvalue weighted by molar-refractivity contribution is -0.124. The van der Waals surface area contributed by atoms with Gasteiger partial charge in [-0.2, -0.15) is 0 Å². The summed E-state index contributed by atoms with van der Waals surface area (Å²) >= 11 is 0. The quantitative estimate of drug-likeness (QED) is 0.571. The predicted molar refractivity (Wildman–Crippen MR) is 59.2 cm³/mol. The van der Waals surface area contributed by atoms with Crippen LogP contribution in [0.25, 0.3) is 0 Å². The van der Waals surface area contributed by atoms with Crippen LogP contribution in [0.4, 0.5) is 0 Å². The molecular weight excluding hydrogens is 194 g/mol. The van der Waals surface area contributed by atoms with Gasteiger partial charge in [0.2, 0.25) is 11.8 Å². The van der Waals surface area contributed by atoms with Crippen molar-refractivity contribution in [1.82, 2.24) is 10.6 Å². The van der Waals surface area contributed by atoms with E-state index in [0.717, 1.165) is 0 Å². The van der Waals surface area contributed by atoms with Crippen LogP contribution in [-0.2, 0) is 9.59 Å². The van der Waals surface area contributed by atoms with Crippen LogP contribution in [0.5, 0.6) is 0 Å². The lowest BCUT2D eigenvalue weighted by Crippen LogP contribution is -2.52. The molecule has 5 nitrogen and oxygen atoms in total. The lowest BCUT2D eigenvalue weighted by atomic mass is 9.99. The Balaban J connectivity index is 4.19. The van der Waals surface area contributed by atoms with Crippen molar-refractivity contribution in [3.05, 3.63) is 0 Å². The zero-order chi connectivity index (χ0) is 12.1. The molecule has 1 atom stereocenters. The summed E-state index contributed by atoms with van der Waals surface area (Å²) in [6, 6.07) is -0.334. The summed E-state index contributed by atoms with van der Waals surface area (Å²) in [4.78, 5) is 22.2. The van der Waals surface area contributed by atoms with Crippen molar-refractivity contribution < 1.29 is 9.59 Å². The number of likely N-dealkylation sites (N-methyl/N-ethyl adjacent to an activating group) is 1. The van der Waals surface area contributed by atoms with Crippen LogP contribution in [0.1, 0.15) is 34.1 Å². The standard InChI is InChI=1S/C10H21N3O2/c1-5-12-9(15)7(2)13-10(3,4)6-8(11)14/h7,13H,5-6H2,1-4H3,(H2,11,14)(H,12,15). The highest BCUT2D eigenvalue weighted by molar-refractivity contribution is 5.81. The Morgan fingerprint density at radius 1 is 1.40 bits per heavy atom. The fourth-order valence-electron chi connectivity index (χ4n) is 1.47. The molecule has 0 saturated carbocycles. The third-order valence-corrected chi connectivity index (χ3v) is 1.97. The number of hydrogen-bond donors (Lipinski definition) is 3. The number of nitrogens with one attached hydrogen (secondary N) is 2. The van der Waals surface area contributed by atoms with E-state index in [1.54, 1.807) is 6.92 Å². The number of carbonyl (C=O) groups is 2. The molecule has 0 bridgehead atoms. The summed E-state index contributed by atoms with van der Waals surface area (Å²) < 4.78 is 0. The van der Waals surface area contributed by atoms with E-state index in [0.29, 0.717) is 6.54 Å². The first kappa shape index (κ1) is 13.9. The molecule has 0 aliphatic rings. The maximum atomic E-state index is 11.4. The smallest absolute Gasteiger partial charge is 0.236 e. The molecule has 0 aliphatic carbocycles. The molecule has 0 saturated heterocycles. The van der Waals surface area contributed by atoms with Crippen molar-refractivity contribution in [3.63, 3.8) is 0 Å². The number of rotatable bonds is 6. The van der Waals surface area contributed by atoms with Gasteiger partial charge < -0.3 is 16.4 Å². The molecule has 0 aromatic carbocycles. The normalized spacial score (nSPS) is 13.3. The second kappa shape index (κ2) is 5.70. The zero-order valence-electron chi connectivity index (χ0n) is 9.89. The summed E-state index contributed by atoms with van der Waals surface area (Å²) in [6.07, 6.45) is 0.205. The van der Waals surface area contributed by atoms with E-state index in [1.165, 1.54) is 0 Å². The van der Waals surface area contributed by atoms with E-state index in [9.17, 15) is 9.59 Å². The molecule has 0 radical (unpaired) electrons. The van der Waals surface area contributed by atoms with Gasteiger partial charge in [-0.05, 0) is 27.7 Å². The summed E-state index contributed by atoms with van der Waals surface area (Å²) in [5.41, 5.74) is 4.65. The second-order valence-corrected chi connectivity index (χ2v) is 4.29. The van der Waals surface area contributed by atoms with Crippen LogP contribution in [0.3, 0.4) is 0 Å². The van der Waals surface area contributed by atoms with Crippen LogP contribution in [-0.4, -0.2) is 29.9 Å². The molecule has 1 unspecified atom stereocenters. The molecule has 4 N–H and O–H groups in total. The molecule has 15 heavy (non-hydrogen) atoms. The van der Waals surface area contributed by atoms with Crippen molar-refractivity contribution in [3.8, 4) is 0 Å². The average Bonchev–Trinajstić information content (AvgIpc) is 2.00. The van der Waals surface area contributed by atoms with Crippen LogP contribution in [0.15, 0.2) is 0 Å². The van der Waals surface area contributed by atoms with Crippen molar-refractivity contribution in [2.24, 2.45) is 5.73 Å². The van der Waals surface area contributed by atoms with Gasteiger partial charge in [-0.1, -0.05) is 0 Å². The van der Waals surface area contributed by atoms with Gasteiger partial charge in [0.1, 0.15) is 0 Å². The average molecular weight is 215 g/mol. The van der Waals surface area contributed by atoms with Gasteiger partial charge >= 0.3 is 0 Å². The Morgan fingerprint density at radius 3 is 2.33 bits per heavy atom. The first-order valence-corrected chi connectivity index (χ1v) is 5.12. The number of carbonyl (C=O) groups excluding carboxylic acids is 2. The number of amides is 2. The molecule has 2 amide bonds. The maximum Gasteiger partial charge on any atom is 0.236 e. The first-order chi connectivity index (χ1) is 6.78. The molecular formula is C10H21N3O2. The van der Waals surface area contributed by atoms with Gasteiger partial charge in [0.25, 0.3) is 0 Å². The summed E-state index contributed by atoms with van der Waals surface area (Å²) in [6.45, 7) is 7.90. The number of primary amides is 1. The Labute approximate surface area is 90.8 Å². The molecule has 0 rings (SSSR count). The highest BCUT2D eigenvalue weighted by Crippen LogP contribution is 2.08. The third kappa shape index (κ3) is 6.06. The summed E-state index contributed by atoms with van der Waals surface area (Å²) in [7, 11) is 0. The van der Waals surface area contributed by atoms with E-state index in [1.807, 2.05) is 20.8 Å². The minimum Gasteiger partial charge on any atom is -0.370 e. The van der Waals surface area contributed by atoms with E-state index >= 15 is 0 Å².